The summed E-state index contributed by atoms with van der Waals surface area (Å²) in [4.78, 5) is 33.4. The minimum absolute atomic E-state index is 0.124. The highest BCUT2D eigenvalue weighted by Crippen LogP contribution is 2.43. The summed E-state index contributed by atoms with van der Waals surface area (Å²) in [5.41, 5.74) is 3.43. The van der Waals surface area contributed by atoms with Gasteiger partial charge in [-0.05, 0) is 49.7 Å². The van der Waals surface area contributed by atoms with E-state index in [1.54, 1.807) is 12.1 Å². The second-order valence-corrected chi connectivity index (χ2v) is 9.84. The van der Waals surface area contributed by atoms with Crippen molar-refractivity contribution in [1.82, 2.24) is 4.90 Å². The first-order valence-corrected chi connectivity index (χ1v) is 12.3. The number of aryl methyl sites for hydroxylation is 1. The molecule has 1 atom stereocenters. The first-order valence-electron chi connectivity index (χ1n) is 11.4. The van der Waals surface area contributed by atoms with Crippen molar-refractivity contribution >= 4 is 40.2 Å². The molecule has 7 heteroatoms. The van der Waals surface area contributed by atoms with E-state index in [2.05, 4.69) is 16.8 Å². The Morgan fingerprint density at radius 2 is 1.56 bits per heavy atom. The van der Waals surface area contributed by atoms with Crippen LogP contribution in [0.4, 0.5) is 11.4 Å². The van der Waals surface area contributed by atoms with Crippen LogP contribution in [0.2, 0.25) is 0 Å². The molecule has 0 saturated carbocycles. The van der Waals surface area contributed by atoms with Gasteiger partial charge in [0.05, 0.1) is 5.57 Å². The molecule has 2 aliphatic rings. The Bertz CT molecular complexity index is 1230. The molecule has 1 N–H and O–H groups in total. The molecule has 34 heavy (non-hydrogen) atoms. The maximum Gasteiger partial charge on any atom is 0.300 e. The normalized spacial score (nSPS) is 20.8. The van der Waals surface area contributed by atoms with E-state index in [0.29, 0.717) is 11.3 Å². The first-order chi connectivity index (χ1) is 16.4. The van der Waals surface area contributed by atoms with Gasteiger partial charge in [0, 0.05) is 48.0 Å². The molecule has 0 spiro atoms. The Balaban J connectivity index is 1.54. The van der Waals surface area contributed by atoms with Crippen LogP contribution in [0, 0.1) is 6.92 Å². The number of ketones is 1. The molecule has 2 aliphatic heterocycles. The predicted octanol–water partition coefficient (Wildman–Crippen LogP) is 4.43. The van der Waals surface area contributed by atoms with Gasteiger partial charge >= 0.3 is 0 Å². The van der Waals surface area contributed by atoms with Gasteiger partial charge < -0.3 is 14.9 Å². The molecule has 2 fully saturated rings. The summed E-state index contributed by atoms with van der Waals surface area (Å²) in [5.74, 6) is -1.44. The van der Waals surface area contributed by atoms with Crippen molar-refractivity contribution < 1.29 is 14.7 Å². The van der Waals surface area contributed by atoms with Gasteiger partial charge in [-0.3, -0.25) is 14.5 Å². The number of rotatable bonds is 4. The number of thiophene rings is 1. The van der Waals surface area contributed by atoms with Crippen molar-refractivity contribution in [2.24, 2.45) is 0 Å². The third kappa shape index (κ3) is 4.02. The van der Waals surface area contributed by atoms with Crippen LogP contribution in [0.1, 0.15) is 22.0 Å². The van der Waals surface area contributed by atoms with Crippen LogP contribution in [0.5, 0.6) is 0 Å². The van der Waals surface area contributed by atoms with Crippen LogP contribution in [0.15, 0.2) is 71.6 Å². The van der Waals surface area contributed by atoms with Crippen molar-refractivity contribution in [2.45, 2.75) is 13.0 Å². The summed E-state index contributed by atoms with van der Waals surface area (Å²) in [7, 11) is 2.12. The van der Waals surface area contributed by atoms with Crippen LogP contribution in [0.3, 0.4) is 0 Å². The van der Waals surface area contributed by atoms with Gasteiger partial charge in [0.2, 0.25) is 0 Å². The summed E-state index contributed by atoms with van der Waals surface area (Å²) < 4.78 is 0. The summed E-state index contributed by atoms with van der Waals surface area (Å²) in [5, 5.41) is 13.1. The third-order valence-corrected chi connectivity index (χ3v) is 7.50. The molecule has 1 aromatic heterocycles. The quantitative estimate of drug-likeness (QED) is 0.345. The van der Waals surface area contributed by atoms with E-state index in [9.17, 15) is 14.7 Å². The number of benzene rings is 2. The topological polar surface area (TPSA) is 64.1 Å². The van der Waals surface area contributed by atoms with Crippen molar-refractivity contribution in [3.8, 4) is 0 Å². The largest absolute Gasteiger partial charge is 0.507 e. The number of amides is 1. The van der Waals surface area contributed by atoms with Crippen molar-refractivity contribution in [3.63, 3.8) is 0 Å². The molecule has 0 radical (unpaired) electrons. The Hall–Kier alpha value is -3.42. The molecular formula is C27H27N3O3S. The molecule has 2 saturated heterocycles. The Labute approximate surface area is 203 Å². The van der Waals surface area contributed by atoms with E-state index < -0.39 is 17.7 Å². The lowest BCUT2D eigenvalue weighted by Crippen LogP contribution is -2.44. The maximum absolute atomic E-state index is 13.3. The van der Waals surface area contributed by atoms with Gasteiger partial charge in [0.15, 0.2) is 0 Å². The lowest BCUT2D eigenvalue weighted by atomic mass is 9.99. The minimum Gasteiger partial charge on any atom is -0.507 e. The monoisotopic (exact) mass is 473 g/mol. The first kappa shape index (κ1) is 22.4. The number of carbonyl (C=O) groups excluding carboxylic acids is 2. The fourth-order valence-corrected chi connectivity index (χ4v) is 5.39. The van der Waals surface area contributed by atoms with E-state index >= 15 is 0 Å². The number of anilines is 2. The van der Waals surface area contributed by atoms with Crippen LogP contribution in [-0.4, -0.2) is 54.9 Å². The molecular weight excluding hydrogens is 446 g/mol. The molecule has 3 aromatic rings. The van der Waals surface area contributed by atoms with E-state index in [1.165, 1.54) is 16.2 Å². The zero-order chi connectivity index (χ0) is 23.8. The number of aliphatic hydroxyl groups is 1. The zero-order valence-corrected chi connectivity index (χ0v) is 20.1. The fraction of sp³-hybridized carbons (Fsp3) is 0.259. The molecule has 0 aliphatic carbocycles. The van der Waals surface area contributed by atoms with Gasteiger partial charge in [-0.15, -0.1) is 11.3 Å². The molecule has 3 heterocycles. The SMILES string of the molecule is Cc1ccc(/C(O)=C2/C(=O)C(=O)N(c3ccc(N4CCN(C)CC4)cc3)C2c2cccs2)cc1. The van der Waals surface area contributed by atoms with Crippen molar-refractivity contribution in [1.29, 1.82) is 0 Å². The number of nitrogens with zero attached hydrogens (tertiary/aromatic N) is 3. The number of Topliss-reactive ketones (excluding diaryl/α,β-unsaturated/α-hetero) is 1. The lowest BCUT2D eigenvalue weighted by molar-refractivity contribution is -0.132. The highest BCUT2D eigenvalue weighted by molar-refractivity contribution is 7.10. The van der Waals surface area contributed by atoms with Gasteiger partial charge in [-0.2, -0.15) is 0 Å². The molecule has 5 rings (SSSR count). The summed E-state index contributed by atoms with van der Waals surface area (Å²) in [6, 6.07) is 18.2. The number of aliphatic hydroxyl groups excluding tert-OH is 1. The average molecular weight is 474 g/mol. The van der Waals surface area contributed by atoms with Crippen LogP contribution in [0.25, 0.3) is 5.76 Å². The van der Waals surface area contributed by atoms with Crippen molar-refractivity contribution in [3.05, 3.63) is 87.6 Å². The minimum atomic E-state index is -0.671. The second kappa shape index (κ2) is 9.08. The van der Waals surface area contributed by atoms with E-state index in [4.69, 9.17) is 0 Å². The number of hydrogen-bond acceptors (Lipinski definition) is 6. The van der Waals surface area contributed by atoms with Gasteiger partial charge in [0.25, 0.3) is 11.7 Å². The fourth-order valence-electron chi connectivity index (χ4n) is 4.57. The number of hydrogen-bond donors (Lipinski definition) is 1. The molecule has 1 amide bonds. The van der Waals surface area contributed by atoms with Gasteiger partial charge in [-0.25, -0.2) is 0 Å². The van der Waals surface area contributed by atoms with Gasteiger partial charge in [-0.1, -0.05) is 35.9 Å². The highest BCUT2D eigenvalue weighted by atomic mass is 32.1. The number of likely N-dealkylation sites (N-methyl/N-ethyl adjacent to an activating group) is 1. The Morgan fingerprint density at radius 3 is 2.18 bits per heavy atom. The molecule has 2 aromatic carbocycles. The van der Waals surface area contributed by atoms with E-state index in [-0.39, 0.29) is 11.3 Å². The standard InChI is InChI=1S/C27H27N3O3S/c1-18-5-7-19(8-6-18)25(31)23-24(22-4-3-17-34-22)30(27(33)26(23)32)21-11-9-20(10-12-21)29-15-13-28(2)14-16-29/h3-12,17,24,31H,13-16H2,1-2H3/b25-23-. The van der Waals surface area contributed by atoms with Crippen LogP contribution < -0.4 is 9.80 Å². The summed E-state index contributed by atoms with van der Waals surface area (Å²) in [6.07, 6.45) is 0. The molecule has 6 nitrogen and oxygen atoms in total. The van der Waals surface area contributed by atoms with E-state index in [0.717, 1.165) is 42.3 Å². The smallest absolute Gasteiger partial charge is 0.300 e. The van der Waals surface area contributed by atoms with E-state index in [1.807, 2.05) is 60.8 Å². The predicted molar refractivity (Wildman–Crippen MR) is 136 cm³/mol. The second-order valence-electron chi connectivity index (χ2n) is 8.86. The third-order valence-electron chi connectivity index (χ3n) is 6.58. The molecule has 174 valence electrons. The summed E-state index contributed by atoms with van der Waals surface area (Å²) >= 11 is 1.46. The molecule has 0 bridgehead atoms. The number of carbonyl (C=O) groups is 2. The molecule has 1 unspecified atom stereocenters. The highest BCUT2D eigenvalue weighted by Gasteiger charge is 2.47. The lowest BCUT2D eigenvalue weighted by Gasteiger charge is -2.34. The number of piperazine rings is 1. The van der Waals surface area contributed by atoms with Crippen LogP contribution >= 0.6 is 11.3 Å². The average Bonchev–Trinajstić information content (AvgIpc) is 3.47. The Morgan fingerprint density at radius 1 is 0.912 bits per heavy atom. The zero-order valence-electron chi connectivity index (χ0n) is 19.3. The van der Waals surface area contributed by atoms with Crippen molar-refractivity contribution in [2.75, 3.05) is 43.0 Å². The van der Waals surface area contributed by atoms with Gasteiger partial charge in [0.1, 0.15) is 11.8 Å². The van der Waals surface area contributed by atoms with Crippen LogP contribution in [-0.2, 0) is 9.59 Å². The Kier molecular flexibility index (Phi) is 5.98. The maximum atomic E-state index is 13.3. The summed E-state index contributed by atoms with van der Waals surface area (Å²) in [6.45, 7) is 5.87.